The van der Waals surface area contributed by atoms with Gasteiger partial charge in [-0.3, -0.25) is 19.7 Å². The van der Waals surface area contributed by atoms with Gasteiger partial charge in [0.15, 0.2) is 0 Å². The van der Waals surface area contributed by atoms with Gasteiger partial charge >= 0.3 is 0 Å². The molecule has 1 unspecified atom stereocenters. The lowest BCUT2D eigenvalue weighted by atomic mass is 10.1. The van der Waals surface area contributed by atoms with Crippen LogP contribution in [-0.4, -0.2) is 23.3 Å². The molecule has 7 nitrogen and oxygen atoms in total. The van der Waals surface area contributed by atoms with Crippen LogP contribution in [0.25, 0.3) is 0 Å². The number of hydrogen-bond donors (Lipinski definition) is 1. The van der Waals surface area contributed by atoms with Crippen LogP contribution in [0.1, 0.15) is 6.42 Å². The van der Waals surface area contributed by atoms with Gasteiger partial charge in [-0.15, -0.1) is 0 Å². The highest BCUT2D eigenvalue weighted by Crippen LogP contribution is 2.31. The van der Waals surface area contributed by atoms with E-state index in [4.69, 9.17) is 11.6 Å². The lowest BCUT2D eigenvalue weighted by Gasteiger charge is -2.18. The topological polar surface area (TPSA) is 92.5 Å². The highest BCUT2D eigenvalue weighted by molar-refractivity contribution is 6.33. The van der Waals surface area contributed by atoms with E-state index in [1.54, 1.807) is 30.3 Å². The van der Waals surface area contributed by atoms with Gasteiger partial charge in [-0.25, -0.2) is 0 Å². The number of non-ortho nitro benzene ring substituents is 1. The van der Waals surface area contributed by atoms with Crippen LogP contribution in [0.3, 0.4) is 0 Å². The molecule has 0 aromatic heterocycles. The minimum atomic E-state index is -0.553. The summed E-state index contributed by atoms with van der Waals surface area (Å²) in [7, 11) is 0. The van der Waals surface area contributed by atoms with Crippen LogP contribution in [0.5, 0.6) is 0 Å². The van der Waals surface area contributed by atoms with E-state index in [0.717, 1.165) is 0 Å². The van der Waals surface area contributed by atoms with Gasteiger partial charge in [-0.1, -0.05) is 29.8 Å². The molecule has 1 heterocycles. The Morgan fingerprint density at radius 1 is 1.24 bits per heavy atom. The van der Waals surface area contributed by atoms with Crippen molar-refractivity contribution in [2.24, 2.45) is 5.92 Å². The van der Waals surface area contributed by atoms with Gasteiger partial charge in [0.1, 0.15) is 0 Å². The predicted octanol–water partition coefficient (Wildman–Crippen LogP) is 3.24. The Labute approximate surface area is 148 Å². The zero-order valence-corrected chi connectivity index (χ0v) is 13.8. The van der Waals surface area contributed by atoms with Crippen LogP contribution in [0.2, 0.25) is 5.02 Å². The molecule has 25 heavy (non-hydrogen) atoms. The molecule has 2 aromatic carbocycles. The average Bonchev–Trinajstić information content (AvgIpc) is 2.97. The molecule has 0 bridgehead atoms. The Kier molecular flexibility index (Phi) is 4.67. The van der Waals surface area contributed by atoms with E-state index in [9.17, 15) is 19.7 Å². The largest absolute Gasteiger partial charge is 0.326 e. The Morgan fingerprint density at radius 3 is 2.72 bits per heavy atom. The molecule has 1 N–H and O–H groups in total. The summed E-state index contributed by atoms with van der Waals surface area (Å²) in [6.45, 7) is 0.212. The maximum Gasteiger partial charge on any atom is 0.271 e. The molecule has 1 aliphatic heterocycles. The van der Waals surface area contributed by atoms with Gasteiger partial charge in [0.2, 0.25) is 11.8 Å². The molecule has 3 rings (SSSR count). The Hall–Kier alpha value is -2.93. The fourth-order valence-electron chi connectivity index (χ4n) is 2.73. The second kappa shape index (κ2) is 6.90. The fraction of sp³-hybridized carbons (Fsp3) is 0.176. The van der Waals surface area contributed by atoms with E-state index in [-0.39, 0.29) is 30.5 Å². The van der Waals surface area contributed by atoms with Crippen molar-refractivity contribution in [2.45, 2.75) is 6.42 Å². The highest BCUT2D eigenvalue weighted by Gasteiger charge is 2.35. The molecule has 1 fully saturated rings. The van der Waals surface area contributed by atoms with Gasteiger partial charge in [-0.05, 0) is 18.2 Å². The molecule has 0 aliphatic carbocycles. The summed E-state index contributed by atoms with van der Waals surface area (Å²) in [5, 5.41) is 13.9. The van der Waals surface area contributed by atoms with Gasteiger partial charge < -0.3 is 10.2 Å². The smallest absolute Gasteiger partial charge is 0.271 e. The minimum absolute atomic E-state index is 0.0615. The number of carbonyl (C=O) groups is 2. The van der Waals surface area contributed by atoms with Crippen molar-refractivity contribution in [3.05, 3.63) is 63.7 Å². The number of carbonyl (C=O) groups excluding carboxylic acids is 2. The lowest BCUT2D eigenvalue weighted by Crippen LogP contribution is -2.28. The first-order valence-electron chi connectivity index (χ1n) is 7.56. The number of hydrogen-bond acceptors (Lipinski definition) is 4. The summed E-state index contributed by atoms with van der Waals surface area (Å²) in [5.41, 5.74) is 0.778. The first kappa shape index (κ1) is 16.9. The number of nitrogens with one attached hydrogen (secondary N) is 1. The van der Waals surface area contributed by atoms with E-state index >= 15 is 0 Å². The van der Waals surface area contributed by atoms with Gasteiger partial charge in [0.05, 0.1) is 21.6 Å². The van der Waals surface area contributed by atoms with Crippen molar-refractivity contribution in [3.8, 4) is 0 Å². The highest BCUT2D eigenvalue weighted by atomic mass is 35.5. The number of nitro groups is 1. The minimum Gasteiger partial charge on any atom is -0.326 e. The van der Waals surface area contributed by atoms with Gasteiger partial charge in [0, 0.05) is 30.8 Å². The molecule has 1 aliphatic rings. The number of nitro benzene ring substituents is 1. The number of rotatable bonds is 4. The van der Waals surface area contributed by atoms with Crippen LogP contribution in [0, 0.1) is 16.0 Å². The zero-order chi connectivity index (χ0) is 18.0. The molecule has 1 saturated heterocycles. The summed E-state index contributed by atoms with van der Waals surface area (Å²) in [4.78, 5) is 36.4. The molecular formula is C17H14ClN3O4. The Bertz CT molecular complexity index is 855. The second-order valence-corrected chi connectivity index (χ2v) is 6.06. The molecule has 2 amide bonds. The van der Waals surface area contributed by atoms with E-state index in [1.165, 1.54) is 23.1 Å². The number of para-hydroxylation sites is 1. The molecular weight excluding hydrogens is 346 g/mol. The van der Waals surface area contributed by atoms with Crippen molar-refractivity contribution in [1.29, 1.82) is 0 Å². The molecule has 0 radical (unpaired) electrons. The third-order valence-electron chi connectivity index (χ3n) is 3.96. The van der Waals surface area contributed by atoms with Gasteiger partial charge in [-0.2, -0.15) is 0 Å². The predicted molar refractivity (Wildman–Crippen MR) is 93.6 cm³/mol. The van der Waals surface area contributed by atoms with Crippen molar-refractivity contribution < 1.29 is 14.5 Å². The number of benzene rings is 2. The molecule has 0 saturated carbocycles. The molecule has 2 aromatic rings. The molecule has 128 valence electrons. The normalized spacial score (nSPS) is 16.8. The first-order chi connectivity index (χ1) is 12.0. The second-order valence-electron chi connectivity index (χ2n) is 5.65. The van der Waals surface area contributed by atoms with Crippen LogP contribution >= 0.6 is 11.6 Å². The average molecular weight is 360 g/mol. The first-order valence-corrected chi connectivity index (χ1v) is 7.93. The third-order valence-corrected chi connectivity index (χ3v) is 4.28. The summed E-state index contributed by atoms with van der Waals surface area (Å²) >= 11 is 6.12. The monoisotopic (exact) mass is 359 g/mol. The van der Waals surface area contributed by atoms with Crippen LogP contribution in [0.15, 0.2) is 48.5 Å². The summed E-state index contributed by atoms with van der Waals surface area (Å²) in [5.74, 6) is -1.10. The lowest BCUT2D eigenvalue weighted by molar-refractivity contribution is -0.384. The maximum atomic E-state index is 12.4. The van der Waals surface area contributed by atoms with Crippen molar-refractivity contribution in [3.63, 3.8) is 0 Å². The summed E-state index contributed by atoms with van der Waals surface area (Å²) < 4.78 is 0. The fourth-order valence-corrected chi connectivity index (χ4v) is 2.97. The zero-order valence-electron chi connectivity index (χ0n) is 13.0. The van der Waals surface area contributed by atoms with Gasteiger partial charge in [0.25, 0.3) is 5.69 Å². The number of amides is 2. The number of nitrogens with zero attached hydrogens (tertiary/aromatic N) is 2. The molecule has 1 atom stereocenters. The quantitative estimate of drug-likeness (QED) is 0.670. The van der Waals surface area contributed by atoms with Crippen molar-refractivity contribution >= 4 is 40.5 Å². The summed E-state index contributed by atoms with van der Waals surface area (Å²) in [6.07, 6.45) is 0.0615. The van der Waals surface area contributed by atoms with E-state index in [0.29, 0.717) is 16.4 Å². The maximum absolute atomic E-state index is 12.4. The van der Waals surface area contributed by atoms with Crippen LogP contribution in [0.4, 0.5) is 17.1 Å². The van der Waals surface area contributed by atoms with E-state index < -0.39 is 10.8 Å². The number of halogens is 1. The standard InChI is InChI=1S/C17H14ClN3O4/c18-14-6-1-2-7-15(14)20-10-11(8-16(20)22)17(23)19-12-4-3-5-13(9-12)21(24)25/h1-7,9,11H,8,10H2,(H,19,23). The van der Waals surface area contributed by atoms with Crippen LogP contribution < -0.4 is 10.2 Å². The van der Waals surface area contributed by atoms with E-state index in [2.05, 4.69) is 5.32 Å². The van der Waals surface area contributed by atoms with E-state index in [1.807, 2.05) is 0 Å². The number of anilines is 2. The van der Waals surface area contributed by atoms with Crippen LogP contribution in [-0.2, 0) is 9.59 Å². The van der Waals surface area contributed by atoms with Crippen molar-refractivity contribution in [2.75, 3.05) is 16.8 Å². The SMILES string of the molecule is O=C(Nc1cccc([N+](=O)[O-])c1)C1CC(=O)N(c2ccccc2Cl)C1. The molecule has 8 heteroatoms. The Balaban J connectivity index is 1.72. The summed E-state index contributed by atoms with van der Waals surface area (Å²) in [6, 6.07) is 12.6. The Morgan fingerprint density at radius 2 is 2.00 bits per heavy atom. The van der Waals surface area contributed by atoms with Crippen molar-refractivity contribution in [1.82, 2.24) is 0 Å². The third kappa shape index (κ3) is 3.61. The molecule has 0 spiro atoms.